The van der Waals surface area contributed by atoms with E-state index in [0.717, 1.165) is 0 Å². The minimum Gasteiger partial charge on any atom is -0.381 e. The van der Waals surface area contributed by atoms with E-state index < -0.39 is 11.4 Å². The summed E-state index contributed by atoms with van der Waals surface area (Å²) < 4.78 is 5.33. The fourth-order valence-electron chi connectivity index (χ4n) is 2.73. The van der Waals surface area contributed by atoms with E-state index in [2.05, 4.69) is 5.32 Å². The van der Waals surface area contributed by atoms with E-state index in [-0.39, 0.29) is 5.91 Å². The lowest BCUT2D eigenvalue weighted by atomic mass is 9.77. The topological polar surface area (TPSA) is 58.6 Å². The van der Waals surface area contributed by atoms with Gasteiger partial charge in [-0.1, -0.05) is 17.7 Å². The molecule has 0 saturated carbocycles. The summed E-state index contributed by atoms with van der Waals surface area (Å²) in [5, 5.41) is 3.30. The largest absolute Gasteiger partial charge is 0.381 e. The smallest absolute Gasteiger partial charge is 0.328 e. The van der Waals surface area contributed by atoms with Gasteiger partial charge in [0.15, 0.2) is 0 Å². The van der Waals surface area contributed by atoms with Crippen molar-refractivity contribution in [3.8, 4) is 0 Å². The molecule has 2 aliphatic rings. The Hall–Kier alpha value is -1.59. The highest BCUT2D eigenvalue weighted by Gasteiger charge is 2.48. The fourth-order valence-corrected chi connectivity index (χ4v) is 2.92. The zero-order valence-corrected chi connectivity index (χ0v) is 11.7. The van der Waals surface area contributed by atoms with Crippen molar-refractivity contribution < 1.29 is 14.3 Å². The van der Waals surface area contributed by atoms with Crippen molar-refractivity contribution in [1.29, 1.82) is 0 Å². The SMILES string of the molecule is O=C1NCC2(CCOCC2)C(=O)N1c1cccc(Cl)c1. The van der Waals surface area contributed by atoms with Gasteiger partial charge in [0.2, 0.25) is 5.91 Å². The third-order valence-corrected chi connectivity index (χ3v) is 4.19. The molecule has 3 rings (SSSR count). The quantitative estimate of drug-likeness (QED) is 0.864. The highest BCUT2D eigenvalue weighted by Crippen LogP contribution is 2.36. The van der Waals surface area contributed by atoms with Crippen LogP contribution in [0.15, 0.2) is 24.3 Å². The van der Waals surface area contributed by atoms with Crippen LogP contribution in [0.4, 0.5) is 10.5 Å². The number of anilines is 1. The van der Waals surface area contributed by atoms with E-state index in [4.69, 9.17) is 16.3 Å². The lowest BCUT2D eigenvalue weighted by Crippen LogP contribution is -2.62. The summed E-state index contributed by atoms with van der Waals surface area (Å²) in [5.74, 6) is -0.160. The maximum Gasteiger partial charge on any atom is 0.328 e. The number of carbonyl (C=O) groups is 2. The number of rotatable bonds is 1. The van der Waals surface area contributed by atoms with Crippen molar-refractivity contribution in [2.75, 3.05) is 24.7 Å². The van der Waals surface area contributed by atoms with E-state index in [9.17, 15) is 9.59 Å². The van der Waals surface area contributed by atoms with Crippen LogP contribution in [0.1, 0.15) is 12.8 Å². The van der Waals surface area contributed by atoms with Crippen LogP contribution in [0.5, 0.6) is 0 Å². The predicted molar refractivity (Wildman–Crippen MR) is 74.8 cm³/mol. The molecule has 1 aromatic rings. The summed E-state index contributed by atoms with van der Waals surface area (Å²) >= 11 is 5.95. The number of carbonyl (C=O) groups excluding carboxylic acids is 2. The molecule has 2 aliphatic heterocycles. The van der Waals surface area contributed by atoms with Crippen molar-refractivity contribution in [3.05, 3.63) is 29.3 Å². The molecule has 2 heterocycles. The lowest BCUT2D eigenvalue weighted by Gasteiger charge is -2.42. The number of nitrogens with one attached hydrogen (secondary N) is 1. The Morgan fingerprint density at radius 3 is 2.70 bits per heavy atom. The second kappa shape index (κ2) is 5.07. The van der Waals surface area contributed by atoms with Gasteiger partial charge in [0, 0.05) is 24.8 Å². The number of nitrogens with zero attached hydrogens (tertiary/aromatic N) is 1. The van der Waals surface area contributed by atoms with Crippen LogP contribution in [0, 0.1) is 5.41 Å². The average molecular weight is 295 g/mol. The normalized spacial score (nSPS) is 21.9. The summed E-state index contributed by atoms with van der Waals surface area (Å²) in [6, 6.07) is 6.37. The van der Waals surface area contributed by atoms with Crippen LogP contribution in [0.3, 0.4) is 0 Å². The van der Waals surface area contributed by atoms with Crippen LogP contribution >= 0.6 is 11.6 Å². The molecular formula is C14H15ClN2O3. The molecule has 0 unspecified atom stereocenters. The summed E-state index contributed by atoms with van der Waals surface area (Å²) in [6.45, 7) is 1.47. The summed E-state index contributed by atoms with van der Waals surface area (Å²) in [7, 11) is 0. The first-order chi connectivity index (χ1) is 9.62. The van der Waals surface area contributed by atoms with E-state index >= 15 is 0 Å². The highest BCUT2D eigenvalue weighted by molar-refractivity contribution is 6.31. The van der Waals surface area contributed by atoms with Gasteiger partial charge in [0.1, 0.15) is 0 Å². The van der Waals surface area contributed by atoms with Gasteiger partial charge < -0.3 is 10.1 Å². The van der Waals surface area contributed by atoms with Gasteiger partial charge in [-0.25, -0.2) is 9.69 Å². The number of imide groups is 1. The first-order valence-corrected chi connectivity index (χ1v) is 6.96. The minimum atomic E-state index is -0.547. The number of benzene rings is 1. The summed E-state index contributed by atoms with van der Waals surface area (Å²) in [6.07, 6.45) is 1.26. The first kappa shape index (κ1) is 13.4. The van der Waals surface area contributed by atoms with Crippen molar-refractivity contribution >= 4 is 29.2 Å². The molecule has 6 heteroatoms. The van der Waals surface area contributed by atoms with Gasteiger partial charge in [0.25, 0.3) is 0 Å². The number of hydrogen-bond donors (Lipinski definition) is 1. The van der Waals surface area contributed by atoms with E-state index in [1.54, 1.807) is 24.3 Å². The molecule has 0 atom stereocenters. The number of halogens is 1. The van der Waals surface area contributed by atoms with Crippen LogP contribution in [-0.4, -0.2) is 31.7 Å². The molecule has 2 fully saturated rings. The van der Waals surface area contributed by atoms with Gasteiger partial charge >= 0.3 is 6.03 Å². The Morgan fingerprint density at radius 1 is 1.25 bits per heavy atom. The van der Waals surface area contributed by atoms with Crippen LogP contribution < -0.4 is 10.2 Å². The van der Waals surface area contributed by atoms with Crippen LogP contribution in [0.25, 0.3) is 0 Å². The van der Waals surface area contributed by atoms with E-state index in [1.165, 1.54) is 4.90 Å². The minimum absolute atomic E-state index is 0.160. The van der Waals surface area contributed by atoms with Crippen molar-refractivity contribution in [2.45, 2.75) is 12.8 Å². The zero-order chi connectivity index (χ0) is 14.2. The Balaban J connectivity index is 1.96. The fraction of sp³-hybridized carbons (Fsp3) is 0.429. The summed E-state index contributed by atoms with van der Waals surface area (Å²) in [4.78, 5) is 26.0. The second-order valence-corrected chi connectivity index (χ2v) is 5.61. The number of amides is 3. The molecule has 106 valence electrons. The molecule has 2 saturated heterocycles. The Morgan fingerprint density at radius 2 is 2.00 bits per heavy atom. The van der Waals surface area contributed by atoms with Crippen LogP contribution in [-0.2, 0) is 9.53 Å². The Labute approximate surface area is 121 Å². The molecule has 5 nitrogen and oxygen atoms in total. The first-order valence-electron chi connectivity index (χ1n) is 6.58. The lowest BCUT2D eigenvalue weighted by molar-refractivity contribution is -0.133. The third-order valence-electron chi connectivity index (χ3n) is 3.95. The zero-order valence-electron chi connectivity index (χ0n) is 10.9. The van der Waals surface area contributed by atoms with Gasteiger partial charge in [-0.05, 0) is 31.0 Å². The molecule has 20 heavy (non-hydrogen) atoms. The molecular weight excluding hydrogens is 280 g/mol. The van der Waals surface area contributed by atoms with Gasteiger partial charge in [-0.15, -0.1) is 0 Å². The Bertz CT molecular complexity index is 555. The van der Waals surface area contributed by atoms with Crippen molar-refractivity contribution in [2.24, 2.45) is 5.41 Å². The second-order valence-electron chi connectivity index (χ2n) is 5.17. The molecule has 0 radical (unpaired) electrons. The van der Waals surface area contributed by atoms with Crippen LogP contribution in [0.2, 0.25) is 5.02 Å². The number of hydrogen-bond acceptors (Lipinski definition) is 3. The molecule has 0 aliphatic carbocycles. The maximum absolute atomic E-state index is 12.8. The van der Waals surface area contributed by atoms with Crippen molar-refractivity contribution in [3.63, 3.8) is 0 Å². The average Bonchev–Trinajstić information content (AvgIpc) is 2.45. The van der Waals surface area contributed by atoms with E-state index in [1.807, 2.05) is 0 Å². The molecule has 1 spiro atoms. The molecule has 3 amide bonds. The van der Waals surface area contributed by atoms with Crippen molar-refractivity contribution in [1.82, 2.24) is 5.32 Å². The highest BCUT2D eigenvalue weighted by atomic mass is 35.5. The summed E-state index contributed by atoms with van der Waals surface area (Å²) in [5.41, 5.74) is -0.0420. The standard InChI is InChI=1S/C14H15ClN2O3/c15-10-2-1-3-11(8-10)17-12(18)14(9-16-13(17)19)4-6-20-7-5-14/h1-3,8H,4-7,9H2,(H,16,19). The third kappa shape index (κ3) is 2.17. The predicted octanol–water partition coefficient (Wildman–Crippen LogP) is 2.19. The number of urea groups is 1. The molecule has 0 aromatic heterocycles. The molecule has 1 N–H and O–H groups in total. The molecule has 1 aromatic carbocycles. The van der Waals surface area contributed by atoms with Gasteiger partial charge in [-0.3, -0.25) is 4.79 Å². The maximum atomic E-state index is 12.8. The van der Waals surface area contributed by atoms with Gasteiger partial charge in [0.05, 0.1) is 11.1 Å². The number of ether oxygens (including phenoxy) is 1. The van der Waals surface area contributed by atoms with E-state index in [0.29, 0.717) is 43.3 Å². The van der Waals surface area contributed by atoms with Gasteiger partial charge in [-0.2, -0.15) is 0 Å². The Kier molecular flexibility index (Phi) is 3.40. The molecule has 0 bridgehead atoms. The monoisotopic (exact) mass is 294 g/mol.